The Morgan fingerprint density at radius 3 is 2.58 bits per heavy atom. The number of anilines is 4. The summed E-state index contributed by atoms with van der Waals surface area (Å²) in [5.41, 5.74) is 3.24. The van der Waals surface area contributed by atoms with Gasteiger partial charge in [0.25, 0.3) is 0 Å². The Morgan fingerprint density at radius 1 is 1.04 bits per heavy atom. The Kier molecular flexibility index (Phi) is 3.35. The summed E-state index contributed by atoms with van der Waals surface area (Å²) in [6.45, 7) is 0.574. The molecule has 2 heterocycles. The monoisotopic (exact) mass is 318 g/mol. The first-order valence-corrected chi connectivity index (χ1v) is 7.49. The maximum absolute atomic E-state index is 11.0. The minimum absolute atomic E-state index is 0.277. The van der Waals surface area contributed by atoms with E-state index in [9.17, 15) is 4.79 Å². The van der Waals surface area contributed by atoms with Crippen LogP contribution in [0.3, 0.4) is 0 Å². The molecule has 6 heteroatoms. The molecular formula is C18H14N4O2. The van der Waals surface area contributed by atoms with E-state index in [-0.39, 0.29) is 5.56 Å². The van der Waals surface area contributed by atoms with Gasteiger partial charge in [-0.3, -0.25) is 0 Å². The molecule has 0 saturated carbocycles. The first-order chi connectivity index (χ1) is 11.7. The van der Waals surface area contributed by atoms with Crippen molar-refractivity contribution in [2.24, 2.45) is 0 Å². The molecule has 4 rings (SSSR count). The van der Waals surface area contributed by atoms with Crippen LogP contribution in [0.25, 0.3) is 0 Å². The van der Waals surface area contributed by atoms with Crippen molar-refractivity contribution in [3.05, 3.63) is 72.1 Å². The topological polar surface area (TPSA) is 78.4 Å². The number of aromatic carboxylic acids is 1. The molecule has 1 aliphatic rings. The van der Waals surface area contributed by atoms with Crippen molar-refractivity contribution < 1.29 is 9.90 Å². The van der Waals surface area contributed by atoms with E-state index in [0.29, 0.717) is 12.4 Å². The zero-order valence-corrected chi connectivity index (χ0v) is 12.7. The number of carbonyl (C=O) groups is 1. The number of benzene rings is 2. The number of para-hydroxylation sites is 2. The van der Waals surface area contributed by atoms with E-state index < -0.39 is 5.97 Å². The number of aromatic nitrogens is 2. The number of hydrogen-bond donors (Lipinski definition) is 2. The molecule has 0 atom stereocenters. The Labute approximate surface area is 138 Å². The second-order valence-corrected chi connectivity index (χ2v) is 5.46. The largest absolute Gasteiger partial charge is 0.478 e. The van der Waals surface area contributed by atoms with E-state index in [4.69, 9.17) is 5.11 Å². The first-order valence-electron chi connectivity index (χ1n) is 7.49. The van der Waals surface area contributed by atoms with Crippen LogP contribution in [0.5, 0.6) is 0 Å². The van der Waals surface area contributed by atoms with Gasteiger partial charge in [-0.15, -0.1) is 0 Å². The van der Waals surface area contributed by atoms with E-state index in [1.165, 1.54) is 0 Å². The average molecular weight is 318 g/mol. The lowest BCUT2D eigenvalue weighted by Crippen LogP contribution is -2.23. The van der Waals surface area contributed by atoms with Gasteiger partial charge >= 0.3 is 5.97 Å². The Bertz CT molecular complexity index is 863. The Balaban J connectivity index is 1.73. The van der Waals surface area contributed by atoms with Crippen LogP contribution in [-0.2, 0) is 6.54 Å². The second-order valence-electron chi connectivity index (χ2n) is 5.46. The molecule has 0 amide bonds. The van der Waals surface area contributed by atoms with E-state index in [1.54, 1.807) is 24.5 Å². The fraction of sp³-hybridized carbons (Fsp3) is 0.0556. The highest BCUT2D eigenvalue weighted by atomic mass is 16.4. The van der Waals surface area contributed by atoms with Gasteiger partial charge in [0.2, 0.25) is 0 Å². The number of carboxylic acid groups (broad SMARTS) is 1. The molecule has 0 saturated heterocycles. The highest BCUT2D eigenvalue weighted by molar-refractivity contribution is 5.89. The van der Waals surface area contributed by atoms with Crippen molar-refractivity contribution in [1.82, 2.24) is 9.97 Å². The number of hydrogen-bond acceptors (Lipinski definition) is 5. The Hall–Kier alpha value is -3.41. The van der Waals surface area contributed by atoms with Gasteiger partial charge in [0.05, 0.1) is 16.9 Å². The van der Waals surface area contributed by atoms with Crippen LogP contribution in [0, 0.1) is 0 Å². The lowest BCUT2D eigenvalue weighted by atomic mass is 10.1. The SMILES string of the molecule is O=C(O)c1ccc(CN2c3ccccc3Nc3nccnc32)cc1. The predicted octanol–water partition coefficient (Wildman–Crippen LogP) is 3.57. The summed E-state index contributed by atoms with van der Waals surface area (Å²) in [5, 5.41) is 12.3. The van der Waals surface area contributed by atoms with Gasteiger partial charge < -0.3 is 15.3 Å². The third kappa shape index (κ3) is 2.44. The number of rotatable bonds is 3. The molecule has 118 valence electrons. The average Bonchev–Trinajstić information content (AvgIpc) is 2.62. The summed E-state index contributed by atoms with van der Waals surface area (Å²) in [4.78, 5) is 21.9. The molecule has 2 N–H and O–H groups in total. The van der Waals surface area contributed by atoms with Crippen LogP contribution in [-0.4, -0.2) is 21.0 Å². The predicted molar refractivity (Wildman–Crippen MR) is 91.0 cm³/mol. The Morgan fingerprint density at radius 2 is 1.79 bits per heavy atom. The molecule has 0 radical (unpaired) electrons. The summed E-state index contributed by atoms with van der Waals surface area (Å²) in [5.74, 6) is 0.530. The molecule has 24 heavy (non-hydrogen) atoms. The minimum Gasteiger partial charge on any atom is -0.478 e. The molecule has 0 aliphatic carbocycles. The zero-order chi connectivity index (χ0) is 16.5. The van der Waals surface area contributed by atoms with Gasteiger partial charge in [0.15, 0.2) is 11.6 Å². The van der Waals surface area contributed by atoms with Crippen LogP contribution in [0.2, 0.25) is 0 Å². The maximum Gasteiger partial charge on any atom is 0.335 e. The lowest BCUT2D eigenvalue weighted by Gasteiger charge is -2.31. The van der Waals surface area contributed by atoms with Gasteiger partial charge in [0.1, 0.15) is 0 Å². The quantitative estimate of drug-likeness (QED) is 0.768. The molecule has 0 unspecified atom stereocenters. The van der Waals surface area contributed by atoms with Crippen molar-refractivity contribution in [3.63, 3.8) is 0 Å². The van der Waals surface area contributed by atoms with Gasteiger partial charge in [-0.05, 0) is 29.8 Å². The van der Waals surface area contributed by atoms with E-state index in [1.807, 2.05) is 36.4 Å². The van der Waals surface area contributed by atoms with Crippen molar-refractivity contribution in [2.45, 2.75) is 6.54 Å². The van der Waals surface area contributed by atoms with Gasteiger partial charge in [-0.1, -0.05) is 24.3 Å². The van der Waals surface area contributed by atoms with Gasteiger partial charge in [-0.2, -0.15) is 0 Å². The molecular weight excluding hydrogens is 304 g/mol. The third-order valence-corrected chi connectivity index (χ3v) is 3.92. The van der Waals surface area contributed by atoms with Crippen LogP contribution < -0.4 is 10.2 Å². The lowest BCUT2D eigenvalue weighted by molar-refractivity contribution is 0.0697. The van der Waals surface area contributed by atoms with Crippen LogP contribution in [0.15, 0.2) is 60.9 Å². The number of carboxylic acids is 1. The molecule has 6 nitrogen and oxygen atoms in total. The van der Waals surface area contributed by atoms with Crippen LogP contribution in [0.1, 0.15) is 15.9 Å². The standard InChI is InChI=1S/C18H14N4O2/c23-18(24)13-7-5-12(6-8-13)11-22-15-4-2-1-3-14(15)21-16-17(22)20-10-9-19-16/h1-10H,11H2,(H,19,21)(H,23,24). The fourth-order valence-corrected chi connectivity index (χ4v) is 2.77. The van der Waals surface area contributed by atoms with Crippen molar-refractivity contribution in [1.29, 1.82) is 0 Å². The molecule has 0 spiro atoms. The first kappa shape index (κ1) is 14.2. The highest BCUT2D eigenvalue weighted by Crippen LogP contribution is 2.41. The summed E-state index contributed by atoms with van der Waals surface area (Å²) < 4.78 is 0. The molecule has 0 fully saturated rings. The van der Waals surface area contributed by atoms with Gasteiger partial charge in [-0.25, -0.2) is 14.8 Å². The number of fused-ring (bicyclic) bond motifs is 2. The summed E-state index contributed by atoms with van der Waals surface area (Å²) in [6.07, 6.45) is 3.31. The third-order valence-electron chi connectivity index (χ3n) is 3.92. The number of nitrogens with one attached hydrogen (secondary N) is 1. The second kappa shape index (κ2) is 5.66. The summed E-state index contributed by atoms with van der Waals surface area (Å²) in [6, 6.07) is 14.8. The van der Waals surface area contributed by atoms with Crippen LogP contribution in [0.4, 0.5) is 23.0 Å². The van der Waals surface area contributed by atoms with Gasteiger partial charge in [0, 0.05) is 18.9 Å². The molecule has 1 aliphatic heterocycles. The summed E-state index contributed by atoms with van der Waals surface area (Å²) >= 11 is 0. The van der Waals surface area contributed by atoms with Crippen LogP contribution >= 0.6 is 0 Å². The highest BCUT2D eigenvalue weighted by Gasteiger charge is 2.24. The minimum atomic E-state index is -0.926. The molecule has 3 aromatic rings. The van der Waals surface area contributed by atoms with E-state index >= 15 is 0 Å². The molecule has 0 bridgehead atoms. The number of nitrogens with zero attached hydrogens (tertiary/aromatic N) is 3. The normalized spacial score (nSPS) is 12.1. The fourth-order valence-electron chi connectivity index (χ4n) is 2.77. The molecule has 1 aromatic heterocycles. The smallest absolute Gasteiger partial charge is 0.335 e. The zero-order valence-electron chi connectivity index (χ0n) is 12.7. The van der Waals surface area contributed by atoms with Crippen molar-refractivity contribution in [2.75, 3.05) is 10.2 Å². The van der Waals surface area contributed by atoms with E-state index in [0.717, 1.165) is 22.8 Å². The van der Waals surface area contributed by atoms with Crippen molar-refractivity contribution in [3.8, 4) is 0 Å². The summed E-state index contributed by atoms with van der Waals surface area (Å²) in [7, 11) is 0. The van der Waals surface area contributed by atoms with Crippen molar-refractivity contribution >= 4 is 29.0 Å². The van der Waals surface area contributed by atoms with E-state index in [2.05, 4.69) is 20.2 Å². The maximum atomic E-state index is 11.0. The molecule has 2 aromatic carbocycles.